The maximum absolute atomic E-state index is 12.5. The van der Waals surface area contributed by atoms with Gasteiger partial charge in [0.1, 0.15) is 6.04 Å². The first kappa shape index (κ1) is 14.9. The van der Waals surface area contributed by atoms with E-state index in [0.29, 0.717) is 23.6 Å². The van der Waals surface area contributed by atoms with E-state index in [1.807, 2.05) is 6.92 Å². The summed E-state index contributed by atoms with van der Waals surface area (Å²) in [6.07, 6.45) is 3.16. The summed E-state index contributed by atoms with van der Waals surface area (Å²) in [6.45, 7) is 2.35. The van der Waals surface area contributed by atoms with E-state index in [-0.39, 0.29) is 5.91 Å². The van der Waals surface area contributed by atoms with Crippen molar-refractivity contribution in [1.82, 2.24) is 4.90 Å². The van der Waals surface area contributed by atoms with E-state index >= 15 is 0 Å². The Balaban J connectivity index is 2.28. The van der Waals surface area contributed by atoms with Crippen LogP contribution >= 0.6 is 11.6 Å². The second-order valence-electron chi connectivity index (χ2n) is 5.17. The van der Waals surface area contributed by atoms with Gasteiger partial charge in [-0.1, -0.05) is 30.5 Å². The molecule has 1 unspecified atom stereocenters. The Morgan fingerprint density at radius 2 is 2.05 bits per heavy atom. The molecule has 0 radical (unpaired) electrons. The predicted molar refractivity (Wildman–Crippen MR) is 77.1 cm³/mol. The van der Waals surface area contributed by atoms with Gasteiger partial charge in [-0.15, -0.1) is 0 Å². The number of carboxylic acid groups (broad SMARTS) is 1. The van der Waals surface area contributed by atoms with Crippen LogP contribution in [0.15, 0.2) is 18.2 Å². The molecule has 108 valence electrons. The number of benzene rings is 1. The Morgan fingerprint density at radius 1 is 1.30 bits per heavy atom. The quantitative estimate of drug-likeness (QED) is 0.912. The summed E-state index contributed by atoms with van der Waals surface area (Å²) >= 11 is 6.04. The van der Waals surface area contributed by atoms with Crippen molar-refractivity contribution in [2.45, 2.75) is 38.6 Å². The molecule has 1 atom stereocenters. The standard InChI is InChI=1S/C15H18ClNO3/c1-10-6-7-11(9-12(10)16)14(18)17-8-4-2-3-5-13(17)15(19)20/h6-7,9,13H,2-5,8H2,1H3,(H,19,20). The molecular formula is C15H18ClNO3. The molecule has 0 saturated carbocycles. The largest absolute Gasteiger partial charge is 0.480 e. The Hall–Kier alpha value is -1.55. The Kier molecular flexibility index (Phi) is 4.65. The molecule has 1 aliphatic rings. The topological polar surface area (TPSA) is 57.6 Å². The van der Waals surface area contributed by atoms with Crippen LogP contribution in [-0.4, -0.2) is 34.5 Å². The lowest BCUT2D eigenvalue weighted by molar-refractivity contribution is -0.142. The molecule has 1 amide bonds. The maximum Gasteiger partial charge on any atom is 0.326 e. The minimum atomic E-state index is -0.932. The number of amides is 1. The van der Waals surface area contributed by atoms with Gasteiger partial charge in [0.25, 0.3) is 5.91 Å². The first-order valence-corrected chi connectivity index (χ1v) is 7.18. The average molecular weight is 296 g/mol. The van der Waals surface area contributed by atoms with Crippen LogP contribution in [0.5, 0.6) is 0 Å². The van der Waals surface area contributed by atoms with E-state index in [1.165, 1.54) is 4.90 Å². The summed E-state index contributed by atoms with van der Waals surface area (Å²) in [5.74, 6) is -1.18. The molecule has 0 bridgehead atoms. The fourth-order valence-corrected chi connectivity index (χ4v) is 2.68. The van der Waals surface area contributed by atoms with E-state index in [2.05, 4.69) is 0 Å². The molecule has 1 saturated heterocycles. The van der Waals surface area contributed by atoms with Crippen molar-refractivity contribution in [2.75, 3.05) is 6.54 Å². The number of carbonyl (C=O) groups is 2. The molecule has 0 aliphatic carbocycles. The maximum atomic E-state index is 12.5. The smallest absolute Gasteiger partial charge is 0.326 e. The Labute approximate surface area is 123 Å². The van der Waals surface area contributed by atoms with Crippen molar-refractivity contribution < 1.29 is 14.7 Å². The fourth-order valence-electron chi connectivity index (χ4n) is 2.50. The lowest BCUT2D eigenvalue weighted by atomic mass is 10.1. The van der Waals surface area contributed by atoms with Crippen molar-refractivity contribution in [1.29, 1.82) is 0 Å². The van der Waals surface area contributed by atoms with Gasteiger partial charge < -0.3 is 10.0 Å². The number of halogens is 1. The van der Waals surface area contributed by atoms with Crippen LogP contribution in [0.2, 0.25) is 5.02 Å². The number of hydrogen-bond acceptors (Lipinski definition) is 2. The number of hydrogen-bond donors (Lipinski definition) is 1. The zero-order valence-electron chi connectivity index (χ0n) is 11.4. The van der Waals surface area contributed by atoms with Gasteiger partial charge in [0, 0.05) is 17.1 Å². The summed E-state index contributed by atoms with van der Waals surface area (Å²) in [7, 11) is 0. The monoisotopic (exact) mass is 295 g/mol. The van der Waals surface area contributed by atoms with Crippen LogP contribution in [0.1, 0.15) is 41.6 Å². The lowest BCUT2D eigenvalue weighted by Crippen LogP contribution is -2.44. The number of rotatable bonds is 2. The molecule has 5 heteroatoms. The van der Waals surface area contributed by atoms with Crippen LogP contribution in [0.25, 0.3) is 0 Å². The second-order valence-corrected chi connectivity index (χ2v) is 5.57. The molecule has 1 heterocycles. The van der Waals surface area contributed by atoms with Gasteiger partial charge in [-0.3, -0.25) is 4.79 Å². The summed E-state index contributed by atoms with van der Waals surface area (Å²) < 4.78 is 0. The SMILES string of the molecule is Cc1ccc(C(=O)N2CCCCCC2C(=O)O)cc1Cl. The number of carbonyl (C=O) groups excluding carboxylic acids is 1. The highest BCUT2D eigenvalue weighted by Crippen LogP contribution is 2.22. The normalized spacial score (nSPS) is 19.5. The predicted octanol–water partition coefficient (Wildman–Crippen LogP) is 3.12. The Morgan fingerprint density at radius 3 is 2.70 bits per heavy atom. The van der Waals surface area contributed by atoms with E-state index in [4.69, 9.17) is 11.6 Å². The van der Waals surface area contributed by atoms with Crippen molar-refractivity contribution in [3.05, 3.63) is 34.3 Å². The van der Waals surface area contributed by atoms with Crippen molar-refractivity contribution >= 4 is 23.5 Å². The average Bonchev–Trinajstić information content (AvgIpc) is 2.66. The zero-order chi connectivity index (χ0) is 14.7. The van der Waals surface area contributed by atoms with E-state index in [9.17, 15) is 14.7 Å². The number of aliphatic carboxylic acids is 1. The second kappa shape index (κ2) is 6.27. The summed E-state index contributed by atoms with van der Waals surface area (Å²) in [6, 6.07) is 4.37. The molecule has 1 aliphatic heterocycles. The first-order chi connectivity index (χ1) is 9.50. The van der Waals surface area contributed by atoms with E-state index in [1.54, 1.807) is 18.2 Å². The lowest BCUT2D eigenvalue weighted by Gasteiger charge is -2.27. The molecule has 1 fully saturated rings. The number of likely N-dealkylation sites (tertiary alicyclic amines) is 1. The minimum absolute atomic E-state index is 0.249. The van der Waals surface area contributed by atoms with Gasteiger partial charge in [0.05, 0.1) is 0 Å². The van der Waals surface area contributed by atoms with Gasteiger partial charge >= 0.3 is 5.97 Å². The third-order valence-electron chi connectivity index (χ3n) is 3.72. The molecule has 2 rings (SSSR count). The molecule has 4 nitrogen and oxygen atoms in total. The highest BCUT2D eigenvalue weighted by Gasteiger charge is 2.31. The van der Waals surface area contributed by atoms with Crippen LogP contribution in [0, 0.1) is 6.92 Å². The fraction of sp³-hybridized carbons (Fsp3) is 0.467. The molecule has 1 aromatic carbocycles. The van der Waals surface area contributed by atoms with E-state index < -0.39 is 12.0 Å². The van der Waals surface area contributed by atoms with Gasteiger partial charge in [-0.25, -0.2) is 4.79 Å². The van der Waals surface area contributed by atoms with Crippen LogP contribution in [0.4, 0.5) is 0 Å². The zero-order valence-corrected chi connectivity index (χ0v) is 12.2. The van der Waals surface area contributed by atoms with Gasteiger partial charge in [0.15, 0.2) is 0 Å². The van der Waals surface area contributed by atoms with Gasteiger partial charge in [-0.05, 0) is 37.5 Å². The Bertz CT molecular complexity index is 530. The highest BCUT2D eigenvalue weighted by molar-refractivity contribution is 6.31. The van der Waals surface area contributed by atoms with Crippen LogP contribution < -0.4 is 0 Å². The number of nitrogens with zero attached hydrogens (tertiary/aromatic N) is 1. The summed E-state index contributed by atoms with van der Waals surface area (Å²) in [4.78, 5) is 25.4. The summed E-state index contributed by atoms with van der Waals surface area (Å²) in [5.41, 5.74) is 1.35. The molecule has 1 aromatic rings. The van der Waals surface area contributed by atoms with Crippen molar-refractivity contribution in [3.8, 4) is 0 Å². The van der Waals surface area contributed by atoms with Crippen LogP contribution in [0.3, 0.4) is 0 Å². The van der Waals surface area contributed by atoms with Crippen LogP contribution in [-0.2, 0) is 4.79 Å². The van der Waals surface area contributed by atoms with Gasteiger partial charge in [-0.2, -0.15) is 0 Å². The van der Waals surface area contributed by atoms with Crippen molar-refractivity contribution in [3.63, 3.8) is 0 Å². The highest BCUT2D eigenvalue weighted by atomic mass is 35.5. The minimum Gasteiger partial charge on any atom is -0.480 e. The molecule has 0 spiro atoms. The third kappa shape index (κ3) is 3.12. The molecule has 20 heavy (non-hydrogen) atoms. The van der Waals surface area contributed by atoms with Crippen molar-refractivity contribution in [2.24, 2.45) is 0 Å². The third-order valence-corrected chi connectivity index (χ3v) is 4.12. The van der Waals surface area contributed by atoms with E-state index in [0.717, 1.165) is 24.8 Å². The number of carboxylic acids is 1. The molecule has 0 aromatic heterocycles. The summed E-state index contributed by atoms with van der Waals surface area (Å²) in [5, 5.41) is 9.83. The number of aryl methyl sites for hydroxylation is 1. The molecule has 1 N–H and O–H groups in total. The van der Waals surface area contributed by atoms with Gasteiger partial charge in [0.2, 0.25) is 0 Å². The first-order valence-electron chi connectivity index (χ1n) is 6.80. The molecular weight excluding hydrogens is 278 g/mol.